The highest BCUT2D eigenvalue weighted by molar-refractivity contribution is 5.50. The van der Waals surface area contributed by atoms with Gasteiger partial charge in [0.05, 0.1) is 0 Å². The number of halogens is 2. The number of hydrogen-bond donors (Lipinski definition) is 1. The summed E-state index contributed by atoms with van der Waals surface area (Å²) in [4.78, 5) is 0. The number of benzene rings is 1. The number of aryl methyl sites for hydroxylation is 1. The zero-order valence-corrected chi connectivity index (χ0v) is 10.6. The average molecular weight is 239 g/mol. The van der Waals surface area contributed by atoms with Gasteiger partial charge in [0.2, 0.25) is 0 Å². The summed E-state index contributed by atoms with van der Waals surface area (Å²) >= 11 is 0. The van der Waals surface area contributed by atoms with Gasteiger partial charge >= 0.3 is 0 Å². The summed E-state index contributed by atoms with van der Waals surface area (Å²) in [6.07, 6.45) is 2.01. The predicted molar refractivity (Wildman–Crippen MR) is 66.1 cm³/mol. The smallest absolute Gasteiger partial charge is 0.152 e. The lowest BCUT2D eigenvalue weighted by molar-refractivity contribution is 0.211. The highest BCUT2D eigenvalue weighted by Crippen LogP contribution is 2.36. The second-order valence-electron chi connectivity index (χ2n) is 5.37. The molecule has 1 aliphatic rings. The zero-order valence-electron chi connectivity index (χ0n) is 10.6. The molecule has 1 aliphatic carbocycles. The highest BCUT2D eigenvalue weighted by atomic mass is 19.1. The summed E-state index contributed by atoms with van der Waals surface area (Å²) in [5.74, 6) is 0.378. The maximum Gasteiger partial charge on any atom is 0.152 e. The molecule has 17 heavy (non-hydrogen) atoms. The van der Waals surface area contributed by atoms with Gasteiger partial charge < -0.3 is 5.32 Å². The van der Waals surface area contributed by atoms with Crippen LogP contribution in [0.1, 0.15) is 32.3 Å². The van der Waals surface area contributed by atoms with Gasteiger partial charge in [0.15, 0.2) is 5.82 Å². The lowest BCUT2D eigenvalue weighted by atomic mass is 9.73. The molecule has 1 aromatic carbocycles. The normalized spacial score (nSPS) is 23.6. The van der Waals surface area contributed by atoms with E-state index in [1.807, 2.05) is 0 Å². The summed E-state index contributed by atoms with van der Waals surface area (Å²) in [5.41, 5.74) is 0.519. The lowest BCUT2D eigenvalue weighted by Crippen LogP contribution is -2.38. The van der Waals surface area contributed by atoms with E-state index in [1.54, 1.807) is 6.92 Å². The van der Waals surface area contributed by atoms with Crippen LogP contribution in [0, 0.1) is 30.4 Å². The topological polar surface area (TPSA) is 12.0 Å². The van der Waals surface area contributed by atoms with Gasteiger partial charge in [-0.3, -0.25) is 0 Å². The van der Waals surface area contributed by atoms with Gasteiger partial charge in [-0.2, -0.15) is 0 Å². The molecule has 1 saturated carbocycles. The third-order valence-corrected chi connectivity index (χ3v) is 3.75. The minimum Gasteiger partial charge on any atom is -0.378 e. The Morgan fingerprint density at radius 3 is 2.47 bits per heavy atom. The van der Waals surface area contributed by atoms with Gasteiger partial charge in [0, 0.05) is 6.04 Å². The minimum absolute atomic E-state index is 0.0391. The largest absolute Gasteiger partial charge is 0.378 e. The molecule has 2 rings (SSSR count). The van der Waals surface area contributed by atoms with Crippen molar-refractivity contribution in [2.45, 2.75) is 39.7 Å². The van der Waals surface area contributed by atoms with Crippen LogP contribution in [0.3, 0.4) is 0 Å². The number of rotatable bonds is 3. The van der Waals surface area contributed by atoms with Crippen LogP contribution in [0.4, 0.5) is 14.5 Å². The Morgan fingerprint density at radius 2 is 1.88 bits per heavy atom. The first-order chi connectivity index (χ1) is 7.99. The molecule has 0 radical (unpaired) electrons. The quantitative estimate of drug-likeness (QED) is 0.836. The van der Waals surface area contributed by atoms with Crippen molar-refractivity contribution in [2.75, 3.05) is 5.32 Å². The Morgan fingerprint density at radius 1 is 1.24 bits per heavy atom. The van der Waals surface area contributed by atoms with Crippen molar-refractivity contribution < 1.29 is 8.78 Å². The van der Waals surface area contributed by atoms with Crippen molar-refractivity contribution in [1.29, 1.82) is 0 Å². The SMILES string of the molecule is Cc1ccc(F)c(NC2CC(C(C)C)C2)c1F. The fraction of sp³-hybridized carbons (Fsp3) is 0.571. The minimum atomic E-state index is -0.499. The van der Waals surface area contributed by atoms with Crippen LogP contribution in [0.2, 0.25) is 0 Å². The molecule has 0 bridgehead atoms. The van der Waals surface area contributed by atoms with Gasteiger partial charge in [0.25, 0.3) is 0 Å². The number of nitrogens with one attached hydrogen (secondary N) is 1. The van der Waals surface area contributed by atoms with Crippen molar-refractivity contribution in [3.63, 3.8) is 0 Å². The molecule has 1 nitrogen and oxygen atoms in total. The van der Waals surface area contributed by atoms with Crippen molar-refractivity contribution in [3.8, 4) is 0 Å². The Bertz CT molecular complexity index is 409. The van der Waals surface area contributed by atoms with Gasteiger partial charge in [-0.25, -0.2) is 8.78 Å². The fourth-order valence-electron chi connectivity index (χ4n) is 2.32. The van der Waals surface area contributed by atoms with Crippen LogP contribution in [0.15, 0.2) is 12.1 Å². The average Bonchev–Trinajstić information content (AvgIpc) is 2.20. The number of hydrogen-bond acceptors (Lipinski definition) is 1. The van der Waals surface area contributed by atoms with Crippen molar-refractivity contribution in [1.82, 2.24) is 0 Å². The molecular weight excluding hydrogens is 220 g/mol. The molecule has 0 aliphatic heterocycles. The molecule has 0 heterocycles. The van der Waals surface area contributed by atoms with Gasteiger partial charge in [0.1, 0.15) is 11.5 Å². The summed E-state index contributed by atoms with van der Waals surface area (Å²) < 4.78 is 27.2. The van der Waals surface area contributed by atoms with Crippen LogP contribution >= 0.6 is 0 Å². The Hall–Kier alpha value is -1.12. The molecule has 1 fully saturated rings. The molecule has 0 spiro atoms. The molecule has 0 amide bonds. The first-order valence-electron chi connectivity index (χ1n) is 6.20. The van der Waals surface area contributed by atoms with E-state index in [-0.39, 0.29) is 11.7 Å². The van der Waals surface area contributed by atoms with Gasteiger partial charge in [-0.1, -0.05) is 19.9 Å². The molecule has 0 saturated heterocycles. The van der Waals surface area contributed by atoms with E-state index < -0.39 is 11.6 Å². The second-order valence-corrected chi connectivity index (χ2v) is 5.37. The monoisotopic (exact) mass is 239 g/mol. The Labute approximate surface area is 101 Å². The maximum absolute atomic E-state index is 13.7. The highest BCUT2D eigenvalue weighted by Gasteiger charge is 2.32. The van der Waals surface area contributed by atoms with Crippen LogP contribution in [0.5, 0.6) is 0 Å². The van der Waals surface area contributed by atoms with Crippen LogP contribution in [-0.2, 0) is 0 Å². The molecule has 0 aromatic heterocycles. The molecule has 1 aromatic rings. The summed E-state index contributed by atoms with van der Waals surface area (Å²) in [6, 6.07) is 3.00. The van der Waals surface area contributed by atoms with Crippen molar-refractivity contribution >= 4 is 5.69 Å². The van der Waals surface area contributed by atoms with Crippen molar-refractivity contribution in [3.05, 3.63) is 29.3 Å². The van der Waals surface area contributed by atoms with E-state index in [2.05, 4.69) is 19.2 Å². The van der Waals surface area contributed by atoms with E-state index in [1.165, 1.54) is 12.1 Å². The molecule has 1 N–H and O–H groups in total. The van der Waals surface area contributed by atoms with Crippen LogP contribution in [-0.4, -0.2) is 6.04 Å². The van der Waals surface area contributed by atoms with E-state index in [0.717, 1.165) is 12.8 Å². The van der Waals surface area contributed by atoms with E-state index in [9.17, 15) is 8.78 Å². The summed E-state index contributed by atoms with van der Waals surface area (Å²) in [6.45, 7) is 6.03. The summed E-state index contributed by atoms with van der Waals surface area (Å²) in [7, 11) is 0. The second kappa shape index (κ2) is 4.63. The Kier molecular flexibility index (Phi) is 3.36. The zero-order chi connectivity index (χ0) is 12.6. The number of anilines is 1. The van der Waals surface area contributed by atoms with E-state index in [4.69, 9.17) is 0 Å². The first-order valence-corrected chi connectivity index (χ1v) is 6.20. The fourth-order valence-corrected chi connectivity index (χ4v) is 2.32. The third-order valence-electron chi connectivity index (χ3n) is 3.75. The van der Waals surface area contributed by atoms with Gasteiger partial charge in [-0.15, -0.1) is 0 Å². The summed E-state index contributed by atoms with van der Waals surface area (Å²) in [5, 5.41) is 2.99. The third kappa shape index (κ3) is 2.43. The molecular formula is C14H19F2N. The maximum atomic E-state index is 13.7. The lowest BCUT2D eigenvalue weighted by Gasteiger charge is -2.39. The molecule has 0 unspecified atom stereocenters. The molecule has 3 heteroatoms. The van der Waals surface area contributed by atoms with E-state index >= 15 is 0 Å². The Balaban J connectivity index is 2.03. The van der Waals surface area contributed by atoms with Crippen molar-refractivity contribution in [2.24, 2.45) is 11.8 Å². The van der Waals surface area contributed by atoms with Crippen LogP contribution in [0.25, 0.3) is 0 Å². The first kappa shape index (κ1) is 12.3. The standard InChI is InChI=1S/C14H19F2N/c1-8(2)10-6-11(7-10)17-14-12(15)5-4-9(3)13(14)16/h4-5,8,10-11,17H,6-7H2,1-3H3. The molecule has 94 valence electrons. The predicted octanol–water partition coefficient (Wildman–Crippen LogP) is 4.12. The van der Waals surface area contributed by atoms with E-state index in [0.29, 0.717) is 17.4 Å². The molecule has 0 atom stereocenters. The van der Waals surface area contributed by atoms with Gasteiger partial charge in [-0.05, 0) is 43.2 Å². The van der Waals surface area contributed by atoms with Crippen LogP contribution < -0.4 is 5.32 Å².